The molecule has 1 unspecified atom stereocenters. The largest absolute Gasteiger partial charge is 0.504 e. The molecule has 0 amide bonds. The van der Waals surface area contributed by atoms with Crippen molar-refractivity contribution in [1.29, 1.82) is 0 Å². The van der Waals surface area contributed by atoms with E-state index in [-0.39, 0.29) is 11.5 Å². The van der Waals surface area contributed by atoms with Crippen molar-refractivity contribution in [2.45, 2.75) is 19.4 Å². The molecule has 1 atom stereocenters. The van der Waals surface area contributed by atoms with Crippen molar-refractivity contribution in [3.05, 3.63) is 58.1 Å². The molecular weight excluding hydrogens is 298 g/mol. The van der Waals surface area contributed by atoms with E-state index in [1.165, 1.54) is 5.56 Å². The Bertz CT molecular complexity index is 684. The third kappa shape index (κ3) is 3.21. The summed E-state index contributed by atoms with van der Waals surface area (Å²) in [6.45, 7) is 2.98. The molecule has 0 aromatic heterocycles. The van der Waals surface area contributed by atoms with Gasteiger partial charge in [0.25, 0.3) is 0 Å². The Kier molecular flexibility index (Phi) is 4.02. The number of phenols is 2. The minimum atomic E-state index is -0.0232. The highest BCUT2D eigenvalue weighted by molar-refractivity contribution is 6.30. The summed E-state index contributed by atoms with van der Waals surface area (Å²) in [7, 11) is 2.25. The zero-order valence-corrected chi connectivity index (χ0v) is 13.5. The predicted octanol–water partition coefficient (Wildman–Crippen LogP) is 3.50. The maximum Gasteiger partial charge on any atom is 0.157 e. The Labute approximate surface area is 136 Å². The number of quaternary nitrogens is 1. The third-order valence-electron chi connectivity index (χ3n) is 4.62. The van der Waals surface area contributed by atoms with Crippen LogP contribution in [-0.2, 0) is 19.4 Å². The lowest BCUT2D eigenvalue weighted by molar-refractivity contribution is -0.924. The normalized spacial score (nSPS) is 20.6. The lowest BCUT2D eigenvalue weighted by Gasteiger charge is -2.39. The average molecular weight is 319 g/mol. The van der Waals surface area contributed by atoms with Gasteiger partial charge in [-0.2, -0.15) is 0 Å². The zero-order chi connectivity index (χ0) is 15.7. The molecule has 0 spiro atoms. The van der Waals surface area contributed by atoms with Crippen LogP contribution in [0.2, 0.25) is 5.02 Å². The maximum atomic E-state index is 9.71. The molecule has 0 saturated heterocycles. The fraction of sp³-hybridized carbons (Fsp3) is 0.333. The summed E-state index contributed by atoms with van der Waals surface area (Å²) in [6.07, 6.45) is 1.94. The van der Waals surface area contributed by atoms with Crippen LogP contribution in [0.5, 0.6) is 11.5 Å². The molecule has 3 nitrogen and oxygen atoms in total. The molecule has 0 aliphatic carbocycles. The van der Waals surface area contributed by atoms with Gasteiger partial charge in [-0.15, -0.1) is 0 Å². The van der Waals surface area contributed by atoms with Gasteiger partial charge >= 0.3 is 0 Å². The smallest absolute Gasteiger partial charge is 0.157 e. The summed E-state index contributed by atoms with van der Waals surface area (Å²) in [5, 5.41) is 20.1. The number of hydrogen-bond acceptors (Lipinski definition) is 2. The lowest BCUT2D eigenvalue weighted by atomic mass is 9.96. The SMILES string of the molecule is C[N+]1(CCc2ccc(Cl)cc2)CCc2cc(O)c(O)cc2C1. The molecule has 0 fully saturated rings. The van der Waals surface area contributed by atoms with Crippen molar-refractivity contribution in [3.8, 4) is 11.5 Å². The number of fused-ring (bicyclic) bond motifs is 1. The van der Waals surface area contributed by atoms with Crippen LogP contribution in [-0.4, -0.2) is 34.8 Å². The number of phenolic OH excluding ortho intramolecular Hbond substituents is 2. The minimum Gasteiger partial charge on any atom is -0.504 e. The van der Waals surface area contributed by atoms with Gasteiger partial charge < -0.3 is 14.7 Å². The highest BCUT2D eigenvalue weighted by Gasteiger charge is 2.29. The van der Waals surface area contributed by atoms with E-state index < -0.39 is 0 Å². The second-order valence-corrected chi connectivity index (χ2v) is 6.90. The second-order valence-electron chi connectivity index (χ2n) is 6.46. The Morgan fingerprint density at radius 3 is 2.36 bits per heavy atom. The monoisotopic (exact) mass is 318 g/mol. The van der Waals surface area contributed by atoms with Crippen molar-refractivity contribution in [2.75, 3.05) is 20.1 Å². The molecule has 1 aliphatic rings. The standard InChI is InChI=1S/C18H20ClNO2/c1-20(8-6-13-2-4-16(19)5-3-13)9-7-14-10-17(21)18(22)11-15(14)12-20/h2-5,10-11H,6-9,12H2,1H3,(H-,21,22)/p+1. The highest BCUT2D eigenvalue weighted by atomic mass is 35.5. The summed E-state index contributed by atoms with van der Waals surface area (Å²) in [5.74, 6) is -0.0408. The Morgan fingerprint density at radius 2 is 1.68 bits per heavy atom. The first-order valence-electron chi connectivity index (χ1n) is 7.57. The molecule has 3 rings (SSSR count). The lowest BCUT2D eigenvalue weighted by Crippen LogP contribution is -2.48. The third-order valence-corrected chi connectivity index (χ3v) is 4.88. The van der Waals surface area contributed by atoms with Gasteiger partial charge in [0.2, 0.25) is 0 Å². The Balaban J connectivity index is 1.71. The summed E-state index contributed by atoms with van der Waals surface area (Å²) in [5.41, 5.74) is 3.58. The molecule has 0 radical (unpaired) electrons. The van der Waals surface area contributed by atoms with Gasteiger partial charge in [-0.3, -0.25) is 0 Å². The number of nitrogens with zero attached hydrogens (tertiary/aromatic N) is 1. The molecule has 4 heteroatoms. The number of rotatable bonds is 3. The van der Waals surface area contributed by atoms with Gasteiger partial charge in [-0.1, -0.05) is 23.7 Å². The Morgan fingerprint density at radius 1 is 1.05 bits per heavy atom. The second kappa shape index (κ2) is 5.82. The first-order chi connectivity index (χ1) is 10.5. The number of benzene rings is 2. The molecule has 1 heterocycles. The molecule has 0 bridgehead atoms. The zero-order valence-electron chi connectivity index (χ0n) is 12.7. The van der Waals surface area contributed by atoms with Crippen molar-refractivity contribution in [1.82, 2.24) is 0 Å². The van der Waals surface area contributed by atoms with E-state index >= 15 is 0 Å². The summed E-state index contributed by atoms with van der Waals surface area (Å²) >= 11 is 5.92. The highest BCUT2D eigenvalue weighted by Crippen LogP contribution is 2.33. The molecule has 2 aromatic rings. The van der Waals surface area contributed by atoms with Crippen molar-refractivity contribution >= 4 is 11.6 Å². The van der Waals surface area contributed by atoms with Gasteiger partial charge in [0, 0.05) is 23.4 Å². The van der Waals surface area contributed by atoms with Crippen LogP contribution in [0.3, 0.4) is 0 Å². The average Bonchev–Trinajstić information content (AvgIpc) is 2.49. The summed E-state index contributed by atoms with van der Waals surface area (Å²) < 4.78 is 0.944. The van der Waals surface area contributed by atoms with Gasteiger partial charge in [-0.05, 0) is 35.4 Å². The fourth-order valence-electron chi connectivity index (χ4n) is 3.16. The van der Waals surface area contributed by atoms with Crippen LogP contribution in [0.15, 0.2) is 36.4 Å². The molecule has 116 valence electrons. The Hall–Kier alpha value is -1.71. The van der Waals surface area contributed by atoms with Gasteiger partial charge in [-0.25, -0.2) is 0 Å². The molecule has 0 saturated carbocycles. The van der Waals surface area contributed by atoms with E-state index in [4.69, 9.17) is 11.6 Å². The minimum absolute atomic E-state index is 0.0176. The van der Waals surface area contributed by atoms with Gasteiger partial charge in [0.1, 0.15) is 6.54 Å². The number of likely N-dealkylation sites (N-methyl/N-ethyl adjacent to an activating group) is 1. The van der Waals surface area contributed by atoms with E-state index in [2.05, 4.69) is 19.2 Å². The van der Waals surface area contributed by atoms with Crippen LogP contribution in [0.25, 0.3) is 0 Å². The van der Waals surface area contributed by atoms with E-state index in [1.807, 2.05) is 12.1 Å². The van der Waals surface area contributed by atoms with Crippen LogP contribution >= 0.6 is 11.6 Å². The van der Waals surface area contributed by atoms with Crippen LogP contribution in [0, 0.1) is 0 Å². The van der Waals surface area contributed by atoms with E-state index in [9.17, 15) is 10.2 Å². The molecule has 2 N–H and O–H groups in total. The predicted molar refractivity (Wildman–Crippen MR) is 88.3 cm³/mol. The van der Waals surface area contributed by atoms with Crippen LogP contribution in [0.1, 0.15) is 16.7 Å². The van der Waals surface area contributed by atoms with Crippen LogP contribution < -0.4 is 0 Å². The quantitative estimate of drug-likeness (QED) is 0.672. The van der Waals surface area contributed by atoms with Gasteiger partial charge in [0.05, 0.1) is 20.1 Å². The first-order valence-corrected chi connectivity index (χ1v) is 7.95. The molecule has 2 aromatic carbocycles. The topological polar surface area (TPSA) is 40.5 Å². The number of hydrogen-bond donors (Lipinski definition) is 2. The van der Waals surface area contributed by atoms with Crippen molar-refractivity contribution in [2.24, 2.45) is 0 Å². The molecular formula is C18H21ClNO2+. The van der Waals surface area contributed by atoms with Crippen LogP contribution in [0.4, 0.5) is 0 Å². The number of aromatic hydroxyl groups is 2. The number of halogens is 1. The summed E-state index contributed by atoms with van der Waals surface area (Å²) in [4.78, 5) is 0. The molecule has 22 heavy (non-hydrogen) atoms. The summed E-state index contributed by atoms with van der Waals surface area (Å²) in [6, 6.07) is 11.4. The van der Waals surface area contributed by atoms with Gasteiger partial charge in [0.15, 0.2) is 11.5 Å². The first kappa shape index (κ1) is 15.2. The molecule has 1 aliphatic heterocycles. The van der Waals surface area contributed by atoms with E-state index in [0.29, 0.717) is 0 Å². The fourth-order valence-corrected chi connectivity index (χ4v) is 3.29. The van der Waals surface area contributed by atoms with E-state index in [1.54, 1.807) is 12.1 Å². The maximum absolute atomic E-state index is 9.71. The van der Waals surface area contributed by atoms with Crippen molar-refractivity contribution in [3.63, 3.8) is 0 Å². The van der Waals surface area contributed by atoms with E-state index in [0.717, 1.165) is 53.1 Å². The van der Waals surface area contributed by atoms with Crippen molar-refractivity contribution < 1.29 is 14.7 Å².